The Bertz CT molecular complexity index is 1770. The molecule has 0 heterocycles. The Balaban J connectivity index is 5.20. The normalized spacial score (nSPS) is 14.5. The van der Waals surface area contributed by atoms with Crippen LogP contribution in [0.25, 0.3) is 0 Å². The number of carbonyl (C=O) groups excluding carboxylic acids is 4. The molecule has 0 saturated heterocycles. The van der Waals surface area contributed by atoms with Crippen LogP contribution in [-0.4, -0.2) is 96.7 Å². The van der Waals surface area contributed by atoms with E-state index >= 15 is 0 Å². The van der Waals surface area contributed by atoms with Gasteiger partial charge in [0.15, 0.2) is 12.2 Å². The Morgan fingerprint density at radius 3 is 0.844 bits per heavy atom. The van der Waals surface area contributed by atoms with Crippen LogP contribution in [0.2, 0.25) is 0 Å². The second-order valence-corrected chi connectivity index (χ2v) is 29.7. The standard InChI is InChI=1S/C71H138O17P2/c1-8-10-11-12-28-38-45-52-68(73)81-58-66(87-71(76)55-48-41-34-27-21-23-30-36-43-50-63(5)6)60-85-89(77,78)83-56-65(72)57-84-90(79,80)86-61-67(59-82-69(74)53-46-39-32-25-20-19-22-29-35-42-49-62(3)4)88-70(75)54-47-40-33-26-18-16-14-13-15-17-24-31-37-44-51-64(7)9-2/h62-67,72H,8-61H2,1-7H3,(H,77,78)(H,79,80)/t64?,65-,66+,67+/m0/s1. The van der Waals surface area contributed by atoms with E-state index in [0.717, 1.165) is 120 Å². The summed E-state index contributed by atoms with van der Waals surface area (Å²) in [6, 6.07) is 0. The van der Waals surface area contributed by atoms with Gasteiger partial charge in [0.25, 0.3) is 0 Å². The number of hydrogen-bond donors (Lipinski definition) is 3. The molecule has 17 nitrogen and oxygen atoms in total. The molecule has 534 valence electrons. The molecule has 0 aliphatic rings. The van der Waals surface area contributed by atoms with Crippen molar-refractivity contribution in [3.63, 3.8) is 0 Å². The molecule has 0 bridgehead atoms. The molecule has 0 saturated carbocycles. The average Bonchev–Trinajstić information content (AvgIpc) is 3.65. The monoisotopic (exact) mass is 1320 g/mol. The Labute approximate surface area is 549 Å². The average molecular weight is 1330 g/mol. The molecular formula is C71H138O17P2. The number of rotatable bonds is 69. The van der Waals surface area contributed by atoms with E-state index in [4.69, 9.17) is 37.0 Å². The quantitative estimate of drug-likeness (QED) is 0.0222. The molecule has 0 fully saturated rings. The lowest BCUT2D eigenvalue weighted by molar-refractivity contribution is -0.161. The number of ether oxygens (including phenoxy) is 4. The number of hydrogen-bond acceptors (Lipinski definition) is 15. The van der Waals surface area contributed by atoms with Gasteiger partial charge in [-0.25, -0.2) is 9.13 Å². The number of phosphoric ester groups is 2. The molecule has 0 amide bonds. The Kier molecular flexibility index (Phi) is 60.6. The van der Waals surface area contributed by atoms with Crippen LogP contribution in [-0.2, 0) is 65.4 Å². The molecule has 6 atom stereocenters. The number of aliphatic hydroxyl groups excluding tert-OH is 1. The number of esters is 4. The topological polar surface area (TPSA) is 237 Å². The fourth-order valence-corrected chi connectivity index (χ4v) is 12.3. The molecule has 0 aromatic heterocycles. The van der Waals surface area contributed by atoms with Crippen molar-refractivity contribution in [2.75, 3.05) is 39.6 Å². The second-order valence-electron chi connectivity index (χ2n) is 26.8. The first-order valence-corrected chi connectivity index (χ1v) is 39.9. The predicted octanol–water partition coefficient (Wildman–Crippen LogP) is 20.2. The van der Waals surface area contributed by atoms with Crippen LogP contribution in [0.5, 0.6) is 0 Å². The second kappa shape index (κ2) is 61.9. The van der Waals surface area contributed by atoms with Crippen molar-refractivity contribution in [3.8, 4) is 0 Å². The van der Waals surface area contributed by atoms with Crippen LogP contribution in [0.1, 0.15) is 357 Å². The largest absolute Gasteiger partial charge is 0.472 e. The lowest BCUT2D eigenvalue weighted by Gasteiger charge is -2.21. The van der Waals surface area contributed by atoms with Gasteiger partial charge in [-0.05, 0) is 43.4 Å². The van der Waals surface area contributed by atoms with E-state index in [1.165, 1.54) is 154 Å². The highest BCUT2D eigenvalue weighted by atomic mass is 31.2. The first-order valence-electron chi connectivity index (χ1n) is 36.9. The lowest BCUT2D eigenvalue weighted by atomic mass is 9.99. The molecule has 19 heteroatoms. The summed E-state index contributed by atoms with van der Waals surface area (Å²) in [4.78, 5) is 72.5. The Morgan fingerprint density at radius 2 is 0.567 bits per heavy atom. The zero-order valence-corrected chi connectivity index (χ0v) is 60.4. The van der Waals surface area contributed by atoms with Gasteiger partial charge in [0.2, 0.25) is 0 Å². The molecule has 3 N–H and O–H groups in total. The Hall–Kier alpha value is -1.94. The molecule has 0 aliphatic heterocycles. The Morgan fingerprint density at radius 1 is 0.322 bits per heavy atom. The number of unbranched alkanes of at least 4 members (excludes halogenated alkanes) is 36. The van der Waals surface area contributed by atoms with Crippen LogP contribution >= 0.6 is 15.6 Å². The first-order chi connectivity index (χ1) is 43.3. The molecule has 0 spiro atoms. The van der Waals surface area contributed by atoms with Gasteiger partial charge in [-0.1, -0.05) is 305 Å². The highest BCUT2D eigenvalue weighted by molar-refractivity contribution is 7.47. The zero-order chi connectivity index (χ0) is 66.6. The molecule has 0 aromatic rings. The van der Waals surface area contributed by atoms with Crippen LogP contribution < -0.4 is 0 Å². The number of carbonyl (C=O) groups is 4. The highest BCUT2D eigenvalue weighted by Crippen LogP contribution is 2.45. The summed E-state index contributed by atoms with van der Waals surface area (Å²) in [5, 5.41) is 10.6. The van der Waals surface area contributed by atoms with E-state index in [1.54, 1.807) is 0 Å². The number of aliphatic hydroxyl groups is 1. The zero-order valence-electron chi connectivity index (χ0n) is 58.6. The predicted molar refractivity (Wildman–Crippen MR) is 363 cm³/mol. The third kappa shape index (κ3) is 63.5. The van der Waals surface area contributed by atoms with Crippen molar-refractivity contribution in [2.24, 2.45) is 17.8 Å². The van der Waals surface area contributed by atoms with E-state index in [-0.39, 0.29) is 25.7 Å². The smallest absolute Gasteiger partial charge is 0.462 e. The molecule has 3 unspecified atom stereocenters. The lowest BCUT2D eigenvalue weighted by Crippen LogP contribution is -2.30. The summed E-state index contributed by atoms with van der Waals surface area (Å²) >= 11 is 0. The highest BCUT2D eigenvalue weighted by Gasteiger charge is 2.30. The summed E-state index contributed by atoms with van der Waals surface area (Å²) in [5.74, 6) is 0.212. The summed E-state index contributed by atoms with van der Waals surface area (Å²) < 4.78 is 68.2. The maximum absolute atomic E-state index is 13.0. The summed E-state index contributed by atoms with van der Waals surface area (Å²) in [7, 11) is -9.90. The van der Waals surface area contributed by atoms with Crippen LogP contribution in [0, 0.1) is 17.8 Å². The van der Waals surface area contributed by atoms with Gasteiger partial charge in [-0.2, -0.15) is 0 Å². The van der Waals surface area contributed by atoms with Gasteiger partial charge in [0, 0.05) is 25.7 Å². The van der Waals surface area contributed by atoms with Crippen molar-refractivity contribution in [3.05, 3.63) is 0 Å². The minimum atomic E-state index is -4.95. The van der Waals surface area contributed by atoms with E-state index in [9.17, 15) is 43.2 Å². The first kappa shape index (κ1) is 88.1. The summed E-state index contributed by atoms with van der Waals surface area (Å²) in [6.45, 7) is 11.8. The third-order valence-electron chi connectivity index (χ3n) is 16.7. The van der Waals surface area contributed by atoms with Crippen molar-refractivity contribution in [1.82, 2.24) is 0 Å². The minimum absolute atomic E-state index is 0.105. The summed E-state index contributed by atoms with van der Waals surface area (Å²) in [6.07, 6.45) is 45.9. The fraction of sp³-hybridized carbons (Fsp3) is 0.944. The third-order valence-corrected chi connectivity index (χ3v) is 18.6. The minimum Gasteiger partial charge on any atom is -0.462 e. The van der Waals surface area contributed by atoms with Gasteiger partial charge in [0.05, 0.1) is 26.4 Å². The van der Waals surface area contributed by atoms with Crippen molar-refractivity contribution in [1.29, 1.82) is 0 Å². The molecular weight excluding hydrogens is 1190 g/mol. The number of phosphoric acid groups is 2. The van der Waals surface area contributed by atoms with Crippen molar-refractivity contribution < 1.29 is 80.2 Å². The van der Waals surface area contributed by atoms with Gasteiger partial charge in [0.1, 0.15) is 19.3 Å². The molecule has 0 aromatic carbocycles. The van der Waals surface area contributed by atoms with Crippen LogP contribution in [0.4, 0.5) is 0 Å². The van der Waals surface area contributed by atoms with E-state index in [2.05, 4.69) is 48.5 Å². The molecule has 0 radical (unpaired) electrons. The molecule has 90 heavy (non-hydrogen) atoms. The van der Waals surface area contributed by atoms with E-state index < -0.39 is 97.5 Å². The molecule has 0 aliphatic carbocycles. The van der Waals surface area contributed by atoms with Gasteiger partial charge in [-0.15, -0.1) is 0 Å². The van der Waals surface area contributed by atoms with Gasteiger partial charge >= 0.3 is 39.5 Å². The van der Waals surface area contributed by atoms with Crippen molar-refractivity contribution >= 4 is 39.5 Å². The summed E-state index contributed by atoms with van der Waals surface area (Å²) in [5.41, 5.74) is 0. The molecule has 0 rings (SSSR count). The van der Waals surface area contributed by atoms with Crippen LogP contribution in [0.15, 0.2) is 0 Å². The van der Waals surface area contributed by atoms with Gasteiger partial charge < -0.3 is 33.8 Å². The SMILES string of the molecule is CCCCCCCCCC(=O)OC[C@H](COP(=O)(O)OC[C@H](O)COP(=O)(O)OC[C@@H](COC(=O)CCCCCCCCCCCCC(C)C)OC(=O)CCCCCCCCCCCCCCCCC(C)CC)OC(=O)CCCCCCCCCCCC(C)C. The van der Waals surface area contributed by atoms with Gasteiger partial charge in [-0.3, -0.25) is 37.3 Å². The maximum atomic E-state index is 13.0. The van der Waals surface area contributed by atoms with E-state index in [0.29, 0.717) is 25.7 Å². The van der Waals surface area contributed by atoms with Crippen LogP contribution in [0.3, 0.4) is 0 Å². The van der Waals surface area contributed by atoms with E-state index in [1.807, 2.05) is 0 Å². The van der Waals surface area contributed by atoms with Crippen molar-refractivity contribution in [2.45, 2.75) is 375 Å². The maximum Gasteiger partial charge on any atom is 0.472 e. The fourth-order valence-electron chi connectivity index (χ4n) is 10.7.